The fourth-order valence-corrected chi connectivity index (χ4v) is 3.78. The Morgan fingerprint density at radius 2 is 1.47 bits per heavy atom. The zero-order valence-corrected chi connectivity index (χ0v) is 17.0. The highest BCUT2D eigenvalue weighted by molar-refractivity contribution is 5.78. The third kappa shape index (κ3) is 3.35. The van der Waals surface area contributed by atoms with E-state index in [4.69, 9.17) is 0 Å². The van der Waals surface area contributed by atoms with Crippen LogP contribution in [0.1, 0.15) is 17.2 Å². The standard InChI is InChI=1S/C25H23N5/c1-29(2)22-14-12-21(13-15-22)24-16-23(28-25-26-17-27-30(24)25)20-10-8-19(9-11-20)18-6-4-3-5-7-18/h3-17,24H,1-2H3,(H,26,27,28)/t24-/m0/s1. The van der Waals surface area contributed by atoms with Crippen LogP contribution < -0.4 is 10.2 Å². The maximum absolute atomic E-state index is 4.44. The molecule has 0 radical (unpaired) electrons. The van der Waals surface area contributed by atoms with Crippen LogP contribution >= 0.6 is 0 Å². The first kappa shape index (κ1) is 18.2. The van der Waals surface area contributed by atoms with E-state index in [1.807, 2.05) is 24.8 Å². The van der Waals surface area contributed by atoms with Crippen molar-refractivity contribution >= 4 is 17.3 Å². The summed E-state index contributed by atoms with van der Waals surface area (Å²) in [6.07, 6.45) is 3.81. The summed E-state index contributed by atoms with van der Waals surface area (Å²) in [6.45, 7) is 0. The summed E-state index contributed by atoms with van der Waals surface area (Å²) in [5.74, 6) is 0.751. The van der Waals surface area contributed by atoms with Crippen molar-refractivity contribution in [3.63, 3.8) is 0 Å². The average Bonchev–Trinajstić information content (AvgIpc) is 3.28. The Kier molecular flexibility index (Phi) is 4.56. The van der Waals surface area contributed by atoms with Crippen LogP contribution in [0.15, 0.2) is 91.3 Å². The minimum atomic E-state index is -0.0104. The molecule has 0 fully saturated rings. The Morgan fingerprint density at radius 3 is 2.17 bits per heavy atom. The van der Waals surface area contributed by atoms with Crippen LogP contribution in [0.4, 0.5) is 11.6 Å². The van der Waals surface area contributed by atoms with E-state index in [1.165, 1.54) is 22.4 Å². The van der Waals surface area contributed by atoms with Crippen molar-refractivity contribution in [2.24, 2.45) is 0 Å². The summed E-state index contributed by atoms with van der Waals surface area (Å²) in [5, 5.41) is 7.87. The molecule has 3 aromatic carbocycles. The summed E-state index contributed by atoms with van der Waals surface area (Å²) in [5.41, 5.74) is 6.93. The molecule has 0 saturated carbocycles. The fourth-order valence-electron chi connectivity index (χ4n) is 3.78. The highest BCUT2D eigenvalue weighted by atomic mass is 15.4. The van der Waals surface area contributed by atoms with Gasteiger partial charge in [0.15, 0.2) is 0 Å². The van der Waals surface area contributed by atoms with E-state index in [9.17, 15) is 0 Å². The number of nitrogens with zero attached hydrogens (tertiary/aromatic N) is 4. The molecule has 0 spiro atoms. The normalized spacial score (nSPS) is 15.1. The zero-order valence-electron chi connectivity index (χ0n) is 17.0. The number of nitrogens with one attached hydrogen (secondary N) is 1. The van der Waals surface area contributed by atoms with E-state index in [-0.39, 0.29) is 6.04 Å². The Bertz CT molecular complexity index is 1170. The van der Waals surface area contributed by atoms with E-state index in [2.05, 4.69) is 99.2 Å². The average molecular weight is 393 g/mol. The molecular formula is C25H23N5. The molecule has 0 bridgehead atoms. The number of hydrogen-bond acceptors (Lipinski definition) is 4. The van der Waals surface area contributed by atoms with Crippen molar-refractivity contribution in [3.05, 3.63) is 102 Å². The van der Waals surface area contributed by atoms with Gasteiger partial charge in [-0.1, -0.05) is 66.7 Å². The smallest absolute Gasteiger partial charge is 0.226 e. The molecule has 5 rings (SSSR count). The molecule has 0 unspecified atom stereocenters. The van der Waals surface area contributed by atoms with Gasteiger partial charge in [0.2, 0.25) is 5.95 Å². The van der Waals surface area contributed by atoms with Gasteiger partial charge in [-0.2, -0.15) is 10.1 Å². The van der Waals surface area contributed by atoms with E-state index >= 15 is 0 Å². The highest BCUT2D eigenvalue weighted by Gasteiger charge is 2.23. The van der Waals surface area contributed by atoms with Gasteiger partial charge in [-0.15, -0.1) is 0 Å². The van der Waals surface area contributed by atoms with Gasteiger partial charge in [-0.25, -0.2) is 4.68 Å². The van der Waals surface area contributed by atoms with Crippen LogP contribution in [0.25, 0.3) is 16.8 Å². The first-order valence-corrected chi connectivity index (χ1v) is 10.0. The largest absolute Gasteiger partial charge is 0.378 e. The lowest BCUT2D eigenvalue weighted by molar-refractivity contribution is 0.612. The molecule has 30 heavy (non-hydrogen) atoms. The van der Waals surface area contributed by atoms with E-state index in [0.29, 0.717) is 0 Å². The molecule has 0 amide bonds. The summed E-state index contributed by atoms with van der Waals surface area (Å²) in [7, 11) is 4.10. The second kappa shape index (κ2) is 7.52. The number of anilines is 2. The molecule has 148 valence electrons. The third-order valence-corrected chi connectivity index (χ3v) is 5.46. The lowest BCUT2D eigenvalue weighted by atomic mass is 9.99. The molecule has 1 N–H and O–H groups in total. The second-order valence-electron chi connectivity index (χ2n) is 7.61. The fraction of sp³-hybridized carbons (Fsp3) is 0.120. The van der Waals surface area contributed by atoms with Crippen molar-refractivity contribution in [2.75, 3.05) is 24.3 Å². The number of fused-ring (bicyclic) bond motifs is 1. The summed E-state index contributed by atoms with van der Waals surface area (Å²) < 4.78 is 1.92. The molecule has 4 aromatic rings. The Labute approximate surface area is 176 Å². The number of allylic oxidation sites excluding steroid dienone is 1. The molecule has 1 atom stereocenters. The van der Waals surface area contributed by atoms with Crippen LogP contribution in [0.3, 0.4) is 0 Å². The monoisotopic (exact) mass is 393 g/mol. The van der Waals surface area contributed by atoms with Crippen molar-refractivity contribution in [2.45, 2.75) is 6.04 Å². The molecule has 1 aliphatic heterocycles. The maximum atomic E-state index is 4.44. The van der Waals surface area contributed by atoms with Crippen molar-refractivity contribution in [3.8, 4) is 11.1 Å². The molecule has 0 aliphatic carbocycles. The Morgan fingerprint density at radius 1 is 0.800 bits per heavy atom. The minimum absolute atomic E-state index is 0.0104. The van der Waals surface area contributed by atoms with Crippen LogP contribution in [0, 0.1) is 0 Å². The molecular weight excluding hydrogens is 370 g/mol. The van der Waals surface area contributed by atoms with Gasteiger partial charge in [-0.3, -0.25) is 0 Å². The molecule has 0 saturated heterocycles. The number of hydrogen-bond donors (Lipinski definition) is 1. The van der Waals surface area contributed by atoms with Crippen molar-refractivity contribution in [1.82, 2.24) is 14.8 Å². The van der Waals surface area contributed by atoms with Crippen LogP contribution in [0.2, 0.25) is 0 Å². The lowest BCUT2D eigenvalue weighted by Gasteiger charge is -2.25. The van der Waals surface area contributed by atoms with E-state index < -0.39 is 0 Å². The highest BCUT2D eigenvalue weighted by Crippen LogP contribution is 2.33. The van der Waals surface area contributed by atoms with Gasteiger partial charge in [-0.05, 0) is 40.5 Å². The van der Waals surface area contributed by atoms with E-state index in [1.54, 1.807) is 6.33 Å². The molecule has 5 heteroatoms. The SMILES string of the molecule is CN(C)c1ccc([C@@H]2C=C(c3ccc(-c4ccccc4)cc3)Nc3ncnn32)cc1. The van der Waals surface area contributed by atoms with Crippen LogP contribution in [-0.4, -0.2) is 28.9 Å². The second-order valence-corrected chi connectivity index (χ2v) is 7.61. The molecule has 1 aliphatic rings. The van der Waals surface area contributed by atoms with Gasteiger partial charge < -0.3 is 10.2 Å². The molecule has 5 nitrogen and oxygen atoms in total. The Hall–Kier alpha value is -3.86. The number of rotatable bonds is 4. The van der Waals surface area contributed by atoms with Gasteiger partial charge >= 0.3 is 0 Å². The first-order valence-electron chi connectivity index (χ1n) is 10.0. The number of benzene rings is 3. The quantitative estimate of drug-likeness (QED) is 0.526. The summed E-state index contributed by atoms with van der Waals surface area (Å²) >= 11 is 0. The van der Waals surface area contributed by atoms with Gasteiger partial charge in [0.25, 0.3) is 0 Å². The third-order valence-electron chi connectivity index (χ3n) is 5.46. The van der Waals surface area contributed by atoms with Crippen LogP contribution in [-0.2, 0) is 0 Å². The van der Waals surface area contributed by atoms with Gasteiger partial charge in [0.1, 0.15) is 12.4 Å². The zero-order chi connectivity index (χ0) is 20.5. The van der Waals surface area contributed by atoms with Gasteiger partial charge in [0.05, 0.1) is 0 Å². The van der Waals surface area contributed by atoms with Gasteiger partial charge in [0, 0.05) is 25.5 Å². The minimum Gasteiger partial charge on any atom is -0.378 e. The van der Waals surface area contributed by atoms with Crippen molar-refractivity contribution in [1.29, 1.82) is 0 Å². The predicted octanol–water partition coefficient (Wildman–Crippen LogP) is 5.07. The maximum Gasteiger partial charge on any atom is 0.226 e. The molecule has 1 aromatic heterocycles. The lowest BCUT2D eigenvalue weighted by Crippen LogP contribution is -2.20. The van der Waals surface area contributed by atoms with E-state index in [0.717, 1.165) is 17.2 Å². The summed E-state index contributed by atoms with van der Waals surface area (Å²) in [6, 6.07) is 27.6. The first-order chi connectivity index (χ1) is 14.7. The Balaban J connectivity index is 1.49. The number of aromatic nitrogens is 3. The topological polar surface area (TPSA) is 46.0 Å². The summed E-state index contributed by atoms with van der Waals surface area (Å²) in [4.78, 5) is 6.51. The van der Waals surface area contributed by atoms with Crippen molar-refractivity contribution < 1.29 is 0 Å². The predicted molar refractivity (Wildman–Crippen MR) is 122 cm³/mol. The molecule has 2 heterocycles. The van der Waals surface area contributed by atoms with Crippen LogP contribution in [0.5, 0.6) is 0 Å².